The Labute approximate surface area is 189 Å². The first-order valence-electron chi connectivity index (χ1n) is 9.83. The smallest absolute Gasteiger partial charge is 0.271 e. The largest absolute Gasteiger partial charge is 0.507 e. The molecule has 0 atom stereocenters. The van der Waals surface area contributed by atoms with Gasteiger partial charge >= 0.3 is 0 Å². The van der Waals surface area contributed by atoms with E-state index in [0.29, 0.717) is 21.8 Å². The predicted octanol–water partition coefficient (Wildman–Crippen LogP) is 6.69. The van der Waals surface area contributed by atoms with Gasteiger partial charge in [0.2, 0.25) is 0 Å². The van der Waals surface area contributed by atoms with Crippen molar-refractivity contribution < 1.29 is 9.90 Å². The average molecular weight is 443 g/mol. The third-order valence-electron chi connectivity index (χ3n) is 4.85. The fourth-order valence-corrected chi connectivity index (χ4v) is 3.25. The summed E-state index contributed by atoms with van der Waals surface area (Å²) >= 11 is 6.06. The van der Waals surface area contributed by atoms with Crippen LogP contribution in [0.3, 0.4) is 0 Å². The highest BCUT2D eigenvalue weighted by Gasteiger charge is 2.07. The number of halogens is 1. The summed E-state index contributed by atoms with van der Waals surface area (Å²) in [7, 11) is 0. The molecule has 0 bridgehead atoms. The second-order valence-electron chi connectivity index (χ2n) is 7.10. The fourth-order valence-electron chi connectivity index (χ4n) is 3.07. The number of nitrogens with one attached hydrogen (secondary N) is 1. The Kier molecular flexibility index (Phi) is 6.24. The summed E-state index contributed by atoms with van der Waals surface area (Å²) in [5.74, 6) is -0.403. The van der Waals surface area contributed by atoms with Gasteiger partial charge in [-0.1, -0.05) is 54.1 Å². The van der Waals surface area contributed by atoms with Crippen LogP contribution >= 0.6 is 11.6 Å². The third kappa shape index (κ3) is 4.82. The fraction of sp³-hybridized carbons (Fsp3) is 0.0400. The Morgan fingerprint density at radius 2 is 1.78 bits per heavy atom. The van der Waals surface area contributed by atoms with Crippen molar-refractivity contribution in [1.82, 2.24) is 5.43 Å². The number of rotatable bonds is 5. The zero-order valence-corrected chi connectivity index (χ0v) is 17.9. The first-order valence-corrected chi connectivity index (χ1v) is 10.2. The van der Waals surface area contributed by atoms with Gasteiger partial charge in [0.15, 0.2) is 0 Å². The Balaban J connectivity index is 1.50. The second-order valence-corrected chi connectivity index (χ2v) is 7.51. The SMILES string of the molecule is Cc1ccc(C(=O)N/N=C\c2cc(N=Nc3cccc4ccccc34)ccc2O)cc1Cl. The minimum Gasteiger partial charge on any atom is -0.507 e. The molecule has 0 radical (unpaired) electrons. The first-order chi connectivity index (χ1) is 15.5. The lowest BCUT2D eigenvalue weighted by Gasteiger charge is -2.03. The Morgan fingerprint density at radius 1 is 0.969 bits per heavy atom. The topological polar surface area (TPSA) is 86.4 Å². The molecule has 0 saturated carbocycles. The highest BCUT2D eigenvalue weighted by Crippen LogP contribution is 2.28. The number of phenolic OH excluding ortho intramolecular Hbond substituents is 1. The normalized spacial score (nSPS) is 11.4. The van der Waals surface area contributed by atoms with Gasteiger partial charge in [-0.25, -0.2) is 5.43 Å². The van der Waals surface area contributed by atoms with E-state index in [1.165, 1.54) is 12.3 Å². The Morgan fingerprint density at radius 3 is 2.62 bits per heavy atom. The van der Waals surface area contributed by atoms with Crippen LogP contribution in [0.25, 0.3) is 10.8 Å². The molecular weight excluding hydrogens is 424 g/mol. The van der Waals surface area contributed by atoms with Gasteiger partial charge in [0.05, 0.1) is 17.6 Å². The molecule has 0 spiro atoms. The highest BCUT2D eigenvalue weighted by molar-refractivity contribution is 6.31. The van der Waals surface area contributed by atoms with Crippen molar-refractivity contribution in [3.05, 3.63) is 101 Å². The molecule has 0 heterocycles. The lowest BCUT2D eigenvalue weighted by atomic mass is 10.1. The summed E-state index contributed by atoms with van der Waals surface area (Å²) in [4.78, 5) is 12.2. The maximum Gasteiger partial charge on any atom is 0.271 e. The molecule has 4 aromatic rings. The van der Waals surface area contributed by atoms with E-state index in [2.05, 4.69) is 20.8 Å². The number of carbonyl (C=O) groups excluding carboxylic acids is 1. The van der Waals surface area contributed by atoms with Crippen LogP contribution in [-0.4, -0.2) is 17.2 Å². The molecule has 4 aromatic carbocycles. The van der Waals surface area contributed by atoms with Crippen molar-refractivity contribution >= 4 is 45.9 Å². The number of carbonyl (C=O) groups is 1. The Bertz CT molecular complexity index is 1360. The van der Waals surface area contributed by atoms with Crippen LogP contribution in [-0.2, 0) is 0 Å². The summed E-state index contributed by atoms with van der Waals surface area (Å²) in [6, 6.07) is 23.5. The molecule has 2 N–H and O–H groups in total. The zero-order valence-electron chi connectivity index (χ0n) is 17.2. The number of azo groups is 1. The maximum absolute atomic E-state index is 12.2. The van der Waals surface area contributed by atoms with Gasteiger partial charge in [0, 0.05) is 21.5 Å². The van der Waals surface area contributed by atoms with Crippen molar-refractivity contribution in [1.29, 1.82) is 0 Å². The van der Waals surface area contributed by atoms with Crippen LogP contribution in [0.1, 0.15) is 21.5 Å². The standard InChI is InChI=1S/C25H19ClN4O2/c1-16-9-10-18(14-22(16)26)25(32)30-27-15-19-13-20(11-12-24(19)31)28-29-23-8-4-6-17-5-2-3-7-21(17)23/h2-15,31H,1H3,(H,30,32)/b27-15-,29-28?. The van der Waals surface area contributed by atoms with E-state index in [0.717, 1.165) is 22.0 Å². The number of amides is 1. The molecule has 0 aromatic heterocycles. The number of hydrazone groups is 1. The number of hydrogen-bond donors (Lipinski definition) is 2. The summed E-state index contributed by atoms with van der Waals surface area (Å²) < 4.78 is 0. The van der Waals surface area contributed by atoms with E-state index in [1.54, 1.807) is 30.3 Å². The van der Waals surface area contributed by atoms with Crippen molar-refractivity contribution in [2.75, 3.05) is 0 Å². The molecule has 0 saturated heterocycles. The Hall–Kier alpha value is -4.03. The van der Waals surface area contributed by atoms with E-state index < -0.39 is 5.91 Å². The van der Waals surface area contributed by atoms with E-state index in [-0.39, 0.29) is 5.75 Å². The van der Waals surface area contributed by atoms with Crippen molar-refractivity contribution in [3.8, 4) is 5.75 Å². The van der Waals surface area contributed by atoms with Gasteiger partial charge in [-0.2, -0.15) is 10.2 Å². The lowest BCUT2D eigenvalue weighted by molar-refractivity contribution is 0.0955. The molecule has 158 valence electrons. The number of phenols is 1. The number of benzene rings is 4. The van der Waals surface area contributed by atoms with E-state index in [1.807, 2.05) is 49.4 Å². The van der Waals surface area contributed by atoms with Gasteiger partial charge < -0.3 is 5.11 Å². The number of hydrogen-bond acceptors (Lipinski definition) is 5. The predicted molar refractivity (Wildman–Crippen MR) is 127 cm³/mol. The van der Waals surface area contributed by atoms with E-state index in [9.17, 15) is 9.90 Å². The molecule has 0 aliphatic carbocycles. The quantitative estimate of drug-likeness (QED) is 0.205. The summed E-state index contributed by atoms with van der Waals surface area (Å²) in [6.07, 6.45) is 1.35. The molecule has 32 heavy (non-hydrogen) atoms. The van der Waals surface area contributed by atoms with Gasteiger partial charge in [-0.15, -0.1) is 5.11 Å². The molecule has 1 amide bonds. The van der Waals surface area contributed by atoms with Crippen LogP contribution in [0.15, 0.2) is 94.2 Å². The average Bonchev–Trinajstić information content (AvgIpc) is 2.81. The number of aromatic hydroxyl groups is 1. The lowest BCUT2D eigenvalue weighted by Crippen LogP contribution is -2.17. The summed E-state index contributed by atoms with van der Waals surface area (Å²) in [5, 5.41) is 25.3. The van der Waals surface area contributed by atoms with Gasteiger partial charge in [0.25, 0.3) is 5.91 Å². The van der Waals surface area contributed by atoms with E-state index >= 15 is 0 Å². The number of aryl methyl sites for hydroxylation is 1. The molecule has 7 heteroatoms. The molecule has 4 rings (SSSR count). The van der Waals surface area contributed by atoms with Crippen molar-refractivity contribution in [3.63, 3.8) is 0 Å². The van der Waals surface area contributed by atoms with Gasteiger partial charge in [-0.3, -0.25) is 4.79 Å². The highest BCUT2D eigenvalue weighted by atomic mass is 35.5. The second kappa shape index (κ2) is 9.41. The molecule has 6 nitrogen and oxygen atoms in total. The first kappa shape index (κ1) is 21.2. The molecule has 0 unspecified atom stereocenters. The minimum absolute atomic E-state index is 0.00508. The van der Waals surface area contributed by atoms with Gasteiger partial charge in [-0.05, 0) is 54.3 Å². The van der Waals surface area contributed by atoms with E-state index in [4.69, 9.17) is 11.6 Å². The van der Waals surface area contributed by atoms with Crippen LogP contribution in [0.5, 0.6) is 5.75 Å². The summed E-state index contributed by atoms with van der Waals surface area (Å²) in [6.45, 7) is 1.86. The van der Waals surface area contributed by atoms with Crippen LogP contribution in [0.2, 0.25) is 5.02 Å². The molecule has 0 aliphatic rings. The van der Waals surface area contributed by atoms with Crippen LogP contribution in [0.4, 0.5) is 11.4 Å². The third-order valence-corrected chi connectivity index (χ3v) is 5.26. The van der Waals surface area contributed by atoms with Gasteiger partial charge in [0.1, 0.15) is 5.75 Å². The molecule has 0 aliphatic heterocycles. The molecule has 0 fully saturated rings. The number of nitrogens with zero attached hydrogens (tertiary/aromatic N) is 3. The number of fused-ring (bicyclic) bond motifs is 1. The maximum atomic E-state index is 12.2. The van der Waals surface area contributed by atoms with Crippen molar-refractivity contribution in [2.24, 2.45) is 15.3 Å². The minimum atomic E-state index is -0.408. The molecular formula is C25H19ClN4O2. The van der Waals surface area contributed by atoms with Crippen LogP contribution in [0, 0.1) is 6.92 Å². The van der Waals surface area contributed by atoms with Crippen molar-refractivity contribution in [2.45, 2.75) is 6.92 Å². The zero-order chi connectivity index (χ0) is 22.5. The monoisotopic (exact) mass is 442 g/mol. The summed E-state index contributed by atoms with van der Waals surface area (Å²) in [5.41, 5.74) is 5.37. The van der Waals surface area contributed by atoms with Crippen LogP contribution < -0.4 is 5.43 Å².